The number of ether oxygens (including phenoxy) is 2. The van der Waals surface area contributed by atoms with Gasteiger partial charge < -0.3 is 14.8 Å². The summed E-state index contributed by atoms with van der Waals surface area (Å²) < 4.78 is 10.3. The number of methoxy groups -OCH3 is 2. The summed E-state index contributed by atoms with van der Waals surface area (Å²) in [5.74, 6) is 0. The molecule has 0 saturated carbocycles. The maximum Gasteiger partial charge on any atom is 0.0615 e. The molecule has 0 spiro atoms. The van der Waals surface area contributed by atoms with E-state index < -0.39 is 0 Å². The van der Waals surface area contributed by atoms with Crippen LogP contribution in [0.25, 0.3) is 0 Å². The number of likely N-dealkylation sites (N-methyl/N-ethyl adjacent to an activating group) is 1. The monoisotopic (exact) mass is 232 g/mol. The SMILES string of the molecule is CCNC(C)CN(CCOC)C(C)COC. The van der Waals surface area contributed by atoms with Crippen molar-refractivity contribution >= 4 is 0 Å². The summed E-state index contributed by atoms with van der Waals surface area (Å²) in [5.41, 5.74) is 0. The highest BCUT2D eigenvalue weighted by atomic mass is 16.5. The molecule has 0 aliphatic rings. The van der Waals surface area contributed by atoms with Gasteiger partial charge in [0.1, 0.15) is 0 Å². The first-order chi connectivity index (χ1) is 7.65. The standard InChI is InChI=1S/C12H28N2O2/c1-6-13-11(2)9-14(7-8-15-4)12(3)10-16-5/h11-13H,6-10H2,1-5H3. The average Bonchev–Trinajstić information content (AvgIpc) is 2.24. The minimum absolute atomic E-state index is 0.432. The maximum absolute atomic E-state index is 5.20. The first-order valence-corrected chi connectivity index (χ1v) is 6.11. The van der Waals surface area contributed by atoms with E-state index in [1.54, 1.807) is 14.2 Å². The van der Waals surface area contributed by atoms with Crippen LogP contribution in [0.4, 0.5) is 0 Å². The molecule has 16 heavy (non-hydrogen) atoms. The van der Waals surface area contributed by atoms with E-state index in [2.05, 4.69) is 31.0 Å². The van der Waals surface area contributed by atoms with Gasteiger partial charge in [-0.2, -0.15) is 0 Å². The molecule has 0 aliphatic carbocycles. The van der Waals surface area contributed by atoms with Crippen molar-refractivity contribution in [1.29, 1.82) is 0 Å². The van der Waals surface area contributed by atoms with Gasteiger partial charge in [-0.3, -0.25) is 4.90 Å². The Morgan fingerprint density at radius 1 is 1.19 bits per heavy atom. The van der Waals surface area contributed by atoms with E-state index in [9.17, 15) is 0 Å². The predicted molar refractivity (Wildman–Crippen MR) is 67.9 cm³/mol. The highest BCUT2D eigenvalue weighted by molar-refractivity contribution is 4.72. The Hall–Kier alpha value is -0.160. The molecule has 2 unspecified atom stereocenters. The van der Waals surface area contributed by atoms with E-state index in [1.807, 2.05) is 0 Å². The lowest BCUT2D eigenvalue weighted by molar-refractivity contribution is 0.0701. The second-order valence-corrected chi connectivity index (χ2v) is 4.25. The molecular formula is C12H28N2O2. The van der Waals surface area contributed by atoms with E-state index >= 15 is 0 Å². The van der Waals surface area contributed by atoms with Gasteiger partial charge in [0.15, 0.2) is 0 Å². The van der Waals surface area contributed by atoms with Crippen molar-refractivity contribution in [1.82, 2.24) is 10.2 Å². The van der Waals surface area contributed by atoms with E-state index in [-0.39, 0.29) is 0 Å². The topological polar surface area (TPSA) is 33.7 Å². The van der Waals surface area contributed by atoms with Crippen molar-refractivity contribution in [2.45, 2.75) is 32.9 Å². The molecule has 0 amide bonds. The van der Waals surface area contributed by atoms with E-state index in [0.717, 1.165) is 32.8 Å². The summed E-state index contributed by atoms with van der Waals surface area (Å²) in [4.78, 5) is 2.40. The van der Waals surface area contributed by atoms with Gasteiger partial charge in [-0.15, -0.1) is 0 Å². The fourth-order valence-electron chi connectivity index (χ4n) is 1.81. The molecule has 0 aromatic carbocycles. The molecule has 0 bridgehead atoms. The molecule has 0 rings (SSSR count). The molecule has 0 aromatic heterocycles. The second kappa shape index (κ2) is 10.0. The molecule has 98 valence electrons. The molecule has 2 atom stereocenters. The molecule has 0 heterocycles. The Balaban J connectivity index is 4.07. The van der Waals surface area contributed by atoms with Crippen LogP contribution in [0.2, 0.25) is 0 Å². The van der Waals surface area contributed by atoms with Crippen molar-refractivity contribution in [2.24, 2.45) is 0 Å². The highest BCUT2D eigenvalue weighted by Crippen LogP contribution is 2.01. The lowest BCUT2D eigenvalue weighted by atomic mass is 10.2. The normalized spacial score (nSPS) is 15.4. The van der Waals surface area contributed by atoms with Crippen LogP contribution in [0, 0.1) is 0 Å². The molecule has 0 fully saturated rings. The van der Waals surface area contributed by atoms with E-state index in [4.69, 9.17) is 9.47 Å². The smallest absolute Gasteiger partial charge is 0.0615 e. The van der Waals surface area contributed by atoms with Gasteiger partial charge in [0.2, 0.25) is 0 Å². The molecule has 0 saturated heterocycles. The molecule has 0 aromatic rings. The molecular weight excluding hydrogens is 204 g/mol. The molecule has 0 radical (unpaired) electrons. The van der Waals surface area contributed by atoms with Crippen LogP contribution in [-0.4, -0.2) is 64.1 Å². The molecule has 4 heteroatoms. The third-order valence-corrected chi connectivity index (χ3v) is 2.67. The Morgan fingerprint density at radius 2 is 1.88 bits per heavy atom. The van der Waals surface area contributed by atoms with E-state index in [0.29, 0.717) is 12.1 Å². The summed E-state index contributed by atoms with van der Waals surface area (Å²) in [6.45, 7) is 11.1. The minimum atomic E-state index is 0.432. The maximum atomic E-state index is 5.20. The van der Waals surface area contributed by atoms with Crippen LogP contribution in [0.3, 0.4) is 0 Å². The van der Waals surface area contributed by atoms with Crippen molar-refractivity contribution in [3.05, 3.63) is 0 Å². The van der Waals surface area contributed by atoms with Crippen molar-refractivity contribution in [3.63, 3.8) is 0 Å². The van der Waals surface area contributed by atoms with Crippen LogP contribution in [0.1, 0.15) is 20.8 Å². The third-order valence-electron chi connectivity index (χ3n) is 2.67. The Kier molecular flexibility index (Phi) is 9.92. The largest absolute Gasteiger partial charge is 0.383 e. The van der Waals surface area contributed by atoms with Gasteiger partial charge in [0.05, 0.1) is 13.2 Å². The number of nitrogens with zero attached hydrogens (tertiary/aromatic N) is 1. The number of rotatable bonds is 10. The first-order valence-electron chi connectivity index (χ1n) is 6.11. The predicted octanol–water partition coefficient (Wildman–Crippen LogP) is 0.968. The van der Waals surface area contributed by atoms with Gasteiger partial charge in [-0.1, -0.05) is 6.92 Å². The molecule has 0 aliphatic heterocycles. The Labute approximate surface area is 100 Å². The summed E-state index contributed by atoms with van der Waals surface area (Å²) in [6, 6.07) is 0.933. The Morgan fingerprint density at radius 3 is 2.38 bits per heavy atom. The van der Waals surface area contributed by atoms with Crippen LogP contribution >= 0.6 is 0 Å². The zero-order chi connectivity index (χ0) is 12.4. The van der Waals surface area contributed by atoms with Crippen LogP contribution in [0.15, 0.2) is 0 Å². The Bertz CT molecular complexity index is 156. The van der Waals surface area contributed by atoms with Crippen LogP contribution < -0.4 is 5.32 Å². The number of hydrogen-bond acceptors (Lipinski definition) is 4. The van der Waals surface area contributed by atoms with Crippen molar-refractivity contribution in [3.8, 4) is 0 Å². The lowest BCUT2D eigenvalue weighted by Gasteiger charge is -2.31. The summed E-state index contributed by atoms with van der Waals surface area (Å²) in [7, 11) is 3.49. The second-order valence-electron chi connectivity index (χ2n) is 4.25. The van der Waals surface area contributed by atoms with Gasteiger partial charge in [0.25, 0.3) is 0 Å². The third kappa shape index (κ3) is 7.17. The molecule has 4 nitrogen and oxygen atoms in total. The van der Waals surface area contributed by atoms with Gasteiger partial charge in [-0.25, -0.2) is 0 Å². The highest BCUT2D eigenvalue weighted by Gasteiger charge is 2.15. The van der Waals surface area contributed by atoms with Gasteiger partial charge in [-0.05, 0) is 20.4 Å². The van der Waals surface area contributed by atoms with Crippen LogP contribution in [-0.2, 0) is 9.47 Å². The average molecular weight is 232 g/mol. The minimum Gasteiger partial charge on any atom is -0.383 e. The van der Waals surface area contributed by atoms with Gasteiger partial charge >= 0.3 is 0 Å². The van der Waals surface area contributed by atoms with Gasteiger partial charge in [0, 0.05) is 39.4 Å². The fraction of sp³-hybridized carbons (Fsp3) is 1.00. The lowest BCUT2D eigenvalue weighted by Crippen LogP contribution is -2.46. The van der Waals surface area contributed by atoms with Crippen LogP contribution in [0.5, 0.6) is 0 Å². The quantitative estimate of drug-likeness (QED) is 0.608. The van der Waals surface area contributed by atoms with E-state index in [1.165, 1.54) is 0 Å². The van der Waals surface area contributed by atoms with Crippen molar-refractivity contribution < 1.29 is 9.47 Å². The summed E-state index contributed by atoms with van der Waals surface area (Å²) >= 11 is 0. The zero-order valence-electron chi connectivity index (χ0n) is 11.5. The molecule has 1 N–H and O–H groups in total. The number of hydrogen-bond donors (Lipinski definition) is 1. The first kappa shape index (κ1) is 15.8. The summed E-state index contributed by atoms with van der Waals surface area (Å²) in [6.07, 6.45) is 0. The summed E-state index contributed by atoms with van der Waals surface area (Å²) in [5, 5.41) is 3.43. The fourth-order valence-corrected chi connectivity index (χ4v) is 1.81. The zero-order valence-corrected chi connectivity index (χ0v) is 11.5. The number of nitrogens with one attached hydrogen (secondary N) is 1. The van der Waals surface area contributed by atoms with Crippen molar-refractivity contribution in [2.75, 3.05) is 47.1 Å².